The lowest BCUT2D eigenvalue weighted by molar-refractivity contribution is 0.302. The monoisotopic (exact) mass is 336 g/mol. The number of hydrogen-bond acceptors (Lipinski definition) is 3. The molecule has 25 heavy (non-hydrogen) atoms. The molecule has 0 atom stereocenters. The first-order valence-electron chi connectivity index (χ1n) is 8.84. The van der Waals surface area contributed by atoms with Gasteiger partial charge in [0.25, 0.3) is 0 Å². The molecule has 0 spiro atoms. The minimum absolute atomic E-state index is 0.0708. The molecule has 4 nitrogen and oxygen atoms in total. The number of rotatable bonds is 4. The molecular weight excluding hydrogens is 308 g/mol. The summed E-state index contributed by atoms with van der Waals surface area (Å²) in [6.07, 6.45) is 1.04. The molecule has 0 aliphatic heterocycles. The highest BCUT2D eigenvalue weighted by atomic mass is 15.1. The second-order valence-corrected chi connectivity index (χ2v) is 8.72. The van der Waals surface area contributed by atoms with Gasteiger partial charge in [-0.1, -0.05) is 51.1 Å². The van der Waals surface area contributed by atoms with Gasteiger partial charge in [0.05, 0.1) is 5.39 Å². The van der Waals surface area contributed by atoms with Crippen LogP contribution in [0.5, 0.6) is 0 Å². The van der Waals surface area contributed by atoms with Crippen LogP contribution in [0.3, 0.4) is 0 Å². The van der Waals surface area contributed by atoms with Crippen molar-refractivity contribution >= 4 is 16.9 Å². The Balaban J connectivity index is 2.07. The van der Waals surface area contributed by atoms with E-state index in [1.54, 1.807) is 0 Å². The van der Waals surface area contributed by atoms with Crippen LogP contribution in [0.2, 0.25) is 0 Å². The van der Waals surface area contributed by atoms with Gasteiger partial charge in [-0.05, 0) is 38.7 Å². The van der Waals surface area contributed by atoms with Gasteiger partial charge in [-0.25, -0.2) is 9.97 Å². The summed E-state index contributed by atoms with van der Waals surface area (Å²) >= 11 is 0. The third kappa shape index (κ3) is 4.19. The molecule has 0 saturated carbocycles. The van der Waals surface area contributed by atoms with Crippen LogP contribution in [-0.2, 0) is 0 Å². The SMILES string of the molecule is Cc1cc2c(NC(C)(C)CC(C)(C)C)nc(-c3ccccc3)nc2[nH]1. The summed E-state index contributed by atoms with van der Waals surface area (Å²) in [5.74, 6) is 1.63. The van der Waals surface area contributed by atoms with Crippen molar-refractivity contribution in [2.75, 3.05) is 5.32 Å². The first kappa shape index (κ1) is 17.5. The lowest BCUT2D eigenvalue weighted by Gasteiger charge is -2.34. The number of nitrogens with one attached hydrogen (secondary N) is 2. The zero-order chi connectivity index (χ0) is 18.2. The van der Waals surface area contributed by atoms with Gasteiger partial charge in [0, 0.05) is 16.8 Å². The number of benzene rings is 1. The molecule has 0 saturated heterocycles. The predicted octanol–water partition coefficient (Wildman–Crippen LogP) is 5.56. The fourth-order valence-corrected chi connectivity index (χ4v) is 3.64. The molecule has 2 aromatic heterocycles. The Kier molecular flexibility index (Phi) is 4.31. The summed E-state index contributed by atoms with van der Waals surface area (Å²) in [7, 11) is 0. The van der Waals surface area contributed by atoms with Crippen LogP contribution in [0.25, 0.3) is 22.4 Å². The van der Waals surface area contributed by atoms with Crippen molar-refractivity contribution in [3.63, 3.8) is 0 Å². The van der Waals surface area contributed by atoms with Crippen molar-refractivity contribution in [2.24, 2.45) is 5.41 Å². The quantitative estimate of drug-likeness (QED) is 0.656. The van der Waals surface area contributed by atoms with Crippen LogP contribution in [0.4, 0.5) is 5.82 Å². The first-order chi connectivity index (χ1) is 11.6. The van der Waals surface area contributed by atoms with Crippen molar-refractivity contribution in [1.82, 2.24) is 15.0 Å². The van der Waals surface area contributed by atoms with E-state index in [0.29, 0.717) is 0 Å². The minimum atomic E-state index is -0.0708. The largest absolute Gasteiger partial charge is 0.364 e. The number of aromatic amines is 1. The maximum atomic E-state index is 4.86. The van der Waals surface area contributed by atoms with E-state index >= 15 is 0 Å². The summed E-state index contributed by atoms with van der Waals surface area (Å²) in [6.45, 7) is 13.3. The van der Waals surface area contributed by atoms with Gasteiger partial charge in [0.1, 0.15) is 11.5 Å². The average Bonchev–Trinajstić information content (AvgIpc) is 2.86. The highest BCUT2D eigenvalue weighted by molar-refractivity contribution is 5.89. The molecule has 4 heteroatoms. The summed E-state index contributed by atoms with van der Waals surface area (Å²) in [4.78, 5) is 12.9. The molecule has 0 aliphatic carbocycles. The number of nitrogens with zero attached hydrogens (tertiary/aromatic N) is 2. The second kappa shape index (κ2) is 6.17. The fourth-order valence-electron chi connectivity index (χ4n) is 3.64. The van der Waals surface area contributed by atoms with Gasteiger partial charge in [-0.15, -0.1) is 0 Å². The molecule has 3 aromatic rings. The Morgan fingerprint density at radius 2 is 1.68 bits per heavy atom. The highest BCUT2D eigenvalue weighted by Crippen LogP contribution is 2.32. The molecule has 0 bridgehead atoms. The predicted molar refractivity (Wildman–Crippen MR) is 106 cm³/mol. The summed E-state index contributed by atoms with van der Waals surface area (Å²) in [5.41, 5.74) is 3.15. The van der Waals surface area contributed by atoms with E-state index in [-0.39, 0.29) is 11.0 Å². The van der Waals surface area contributed by atoms with Crippen molar-refractivity contribution in [2.45, 2.75) is 53.5 Å². The minimum Gasteiger partial charge on any atom is -0.364 e. The molecule has 132 valence electrons. The maximum absolute atomic E-state index is 4.86. The number of anilines is 1. The van der Waals surface area contributed by atoms with E-state index in [2.05, 4.69) is 51.0 Å². The van der Waals surface area contributed by atoms with E-state index in [1.807, 2.05) is 37.3 Å². The van der Waals surface area contributed by atoms with E-state index in [4.69, 9.17) is 9.97 Å². The molecule has 0 unspecified atom stereocenters. The zero-order valence-corrected chi connectivity index (χ0v) is 16.1. The van der Waals surface area contributed by atoms with Gasteiger partial charge in [-0.3, -0.25) is 0 Å². The molecule has 0 aliphatic rings. The van der Waals surface area contributed by atoms with Crippen LogP contribution in [0, 0.1) is 12.3 Å². The Hall–Kier alpha value is -2.36. The van der Waals surface area contributed by atoms with Gasteiger partial charge < -0.3 is 10.3 Å². The number of aryl methyl sites for hydroxylation is 1. The first-order valence-corrected chi connectivity index (χ1v) is 8.84. The van der Waals surface area contributed by atoms with Gasteiger partial charge in [0.2, 0.25) is 0 Å². The van der Waals surface area contributed by atoms with E-state index in [9.17, 15) is 0 Å². The van der Waals surface area contributed by atoms with Gasteiger partial charge in [-0.2, -0.15) is 0 Å². The summed E-state index contributed by atoms with van der Waals surface area (Å²) in [6, 6.07) is 12.2. The van der Waals surface area contributed by atoms with E-state index < -0.39 is 0 Å². The lowest BCUT2D eigenvalue weighted by Crippen LogP contribution is -2.35. The van der Waals surface area contributed by atoms with Crippen molar-refractivity contribution in [1.29, 1.82) is 0 Å². The molecule has 0 radical (unpaired) electrons. The fraction of sp³-hybridized carbons (Fsp3) is 0.429. The Morgan fingerprint density at radius 1 is 1.00 bits per heavy atom. The Morgan fingerprint density at radius 3 is 2.32 bits per heavy atom. The lowest BCUT2D eigenvalue weighted by atomic mass is 9.82. The number of H-pyrrole nitrogens is 1. The van der Waals surface area contributed by atoms with Crippen molar-refractivity contribution in [3.8, 4) is 11.4 Å². The van der Waals surface area contributed by atoms with Crippen LogP contribution < -0.4 is 5.32 Å². The van der Waals surface area contributed by atoms with Crippen molar-refractivity contribution in [3.05, 3.63) is 42.1 Å². The van der Waals surface area contributed by atoms with E-state index in [1.165, 1.54) is 0 Å². The Bertz CT molecular complexity index is 870. The number of aromatic nitrogens is 3. The standard InChI is InChI=1S/C21H28N4/c1-14-12-16-18(22-14)23-17(15-10-8-7-9-11-15)24-19(16)25-21(5,6)13-20(2,3)4/h7-12H,13H2,1-6H3,(H2,22,23,24,25). The van der Waals surface area contributed by atoms with Crippen LogP contribution in [-0.4, -0.2) is 20.5 Å². The number of hydrogen-bond donors (Lipinski definition) is 2. The van der Waals surface area contributed by atoms with Gasteiger partial charge in [0.15, 0.2) is 5.82 Å². The molecule has 0 fully saturated rings. The third-order valence-corrected chi connectivity index (χ3v) is 4.08. The smallest absolute Gasteiger partial charge is 0.163 e. The topological polar surface area (TPSA) is 53.6 Å². The molecule has 0 amide bonds. The molecule has 1 aromatic carbocycles. The second-order valence-electron chi connectivity index (χ2n) is 8.72. The van der Waals surface area contributed by atoms with E-state index in [0.717, 1.165) is 40.4 Å². The Labute approximate surface area is 150 Å². The zero-order valence-electron chi connectivity index (χ0n) is 16.1. The van der Waals surface area contributed by atoms with Crippen molar-refractivity contribution < 1.29 is 0 Å². The molecular formula is C21H28N4. The molecule has 3 rings (SSSR count). The normalized spacial score (nSPS) is 12.6. The van der Waals surface area contributed by atoms with Crippen LogP contribution in [0.1, 0.15) is 46.7 Å². The van der Waals surface area contributed by atoms with Crippen LogP contribution in [0.15, 0.2) is 36.4 Å². The number of fused-ring (bicyclic) bond motifs is 1. The highest BCUT2D eigenvalue weighted by Gasteiger charge is 2.27. The molecule has 2 N–H and O–H groups in total. The average molecular weight is 336 g/mol. The molecule has 2 heterocycles. The summed E-state index contributed by atoms with van der Waals surface area (Å²) < 4.78 is 0. The van der Waals surface area contributed by atoms with Gasteiger partial charge >= 0.3 is 0 Å². The summed E-state index contributed by atoms with van der Waals surface area (Å²) in [5, 5.41) is 4.71. The third-order valence-electron chi connectivity index (χ3n) is 4.08. The maximum Gasteiger partial charge on any atom is 0.163 e. The van der Waals surface area contributed by atoms with Crippen LogP contribution >= 0.6 is 0 Å².